The number of piperidine rings is 1. The molecule has 5 heteroatoms. The summed E-state index contributed by atoms with van der Waals surface area (Å²) in [6.07, 6.45) is 1.11. The van der Waals surface area contributed by atoms with Crippen LogP contribution in [0.4, 0.5) is 5.69 Å². The quantitative estimate of drug-likeness (QED) is 0.822. The Hall–Kier alpha value is -1.55. The third kappa shape index (κ3) is 2.42. The summed E-state index contributed by atoms with van der Waals surface area (Å²) >= 11 is 5.77. The van der Waals surface area contributed by atoms with Crippen molar-refractivity contribution in [2.75, 3.05) is 11.4 Å². The van der Waals surface area contributed by atoms with E-state index < -0.39 is 11.9 Å². The van der Waals surface area contributed by atoms with Crippen molar-refractivity contribution in [2.45, 2.75) is 12.8 Å². The van der Waals surface area contributed by atoms with Crippen LogP contribution >= 0.6 is 11.6 Å². The molecular formula is C12H12ClNO3. The van der Waals surface area contributed by atoms with E-state index >= 15 is 0 Å². The van der Waals surface area contributed by atoms with E-state index in [0.29, 0.717) is 30.1 Å². The summed E-state index contributed by atoms with van der Waals surface area (Å²) < 4.78 is 0. The highest BCUT2D eigenvalue weighted by Crippen LogP contribution is 2.25. The Morgan fingerprint density at radius 3 is 2.59 bits per heavy atom. The summed E-state index contributed by atoms with van der Waals surface area (Å²) in [5, 5.41) is 9.54. The molecule has 1 aliphatic heterocycles. The highest BCUT2D eigenvalue weighted by Gasteiger charge is 2.34. The van der Waals surface area contributed by atoms with Crippen LogP contribution in [-0.4, -0.2) is 23.5 Å². The Kier molecular flexibility index (Phi) is 3.33. The number of hydrogen-bond acceptors (Lipinski definition) is 2. The molecule has 0 spiro atoms. The maximum Gasteiger partial charge on any atom is 0.316 e. The maximum atomic E-state index is 12.0. The molecule has 17 heavy (non-hydrogen) atoms. The molecule has 1 aromatic carbocycles. The Balaban J connectivity index is 2.23. The second-order valence-electron chi connectivity index (χ2n) is 4.00. The third-order valence-corrected chi connectivity index (χ3v) is 3.13. The van der Waals surface area contributed by atoms with E-state index in [1.165, 1.54) is 4.90 Å². The van der Waals surface area contributed by atoms with Crippen LogP contribution in [0.2, 0.25) is 5.02 Å². The molecule has 1 N–H and O–H groups in total. The van der Waals surface area contributed by atoms with Crippen LogP contribution in [0.3, 0.4) is 0 Å². The van der Waals surface area contributed by atoms with Crippen LogP contribution < -0.4 is 4.90 Å². The highest BCUT2D eigenvalue weighted by molar-refractivity contribution is 6.30. The molecule has 1 amide bonds. The number of rotatable bonds is 2. The predicted octanol–water partition coefficient (Wildman–Crippen LogP) is 2.17. The fraction of sp³-hybridized carbons (Fsp3) is 0.333. The molecule has 90 valence electrons. The lowest BCUT2D eigenvalue weighted by atomic mass is 9.97. The SMILES string of the molecule is O=C(O)C1CCCN(c2ccc(Cl)cc2)C1=O. The van der Waals surface area contributed by atoms with Gasteiger partial charge in [-0.05, 0) is 37.1 Å². The zero-order valence-electron chi connectivity index (χ0n) is 9.10. The van der Waals surface area contributed by atoms with Gasteiger partial charge in [-0.1, -0.05) is 11.6 Å². The predicted molar refractivity (Wildman–Crippen MR) is 64.2 cm³/mol. The van der Waals surface area contributed by atoms with Gasteiger partial charge in [-0.15, -0.1) is 0 Å². The van der Waals surface area contributed by atoms with Crippen molar-refractivity contribution in [3.05, 3.63) is 29.3 Å². The van der Waals surface area contributed by atoms with Gasteiger partial charge in [0, 0.05) is 17.3 Å². The molecule has 0 saturated carbocycles. The zero-order valence-corrected chi connectivity index (χ0v) is 9.85. The molecule has 4 nitrogen and oxygen atoms in total. The van der Waals surface area contributed by atoms with E-state index in [1.807, 2.05) is 0 Å². The first-order valence-corrected chi connectivity index (χ1v) is 5.77. The van der Waals surface area contributed by atoms with Crippen molar-refractivity contribution in [3.63, 3.8) is 0 Å². The van der Waals surface area contributed by atoms with Crippen LogP contribution in [0.1, 0.15) is 12.8 Å². The molecule has 1 heterocycles. The Labute approximate surface area is 104 Å². The summed E-state index contributed by atoms with van der Waals surface area (Å²) in [6, 6.07) is 6.83. The van der Waals surface area contributed by atoms with Crippen LogP contribution in [0.25, 0.3) is 0 Å². The first-order chi connectivity index (χ1) is 8.09. The molecular weight excluding hydrogens is 242 g/mol. The maximum absolute atomic E-state index is 12.0. The minimum atomic E-state index is -1.05. The molecule has 0 bridgehead atoms. The average Bonchev–Trinajstić information content (AvgIpc) is 2.30. The van der Waals surface area contributed by atoms with Crippen LogP contribution in [0.15, 0.2) is 24.3 Å². The smallest absolute Gasteiger partial charge is 0.316 e. The minimum Gasteiger partial charge on any atom is -0.481 e. The molecule has 1 fully saturated rings. The van der Waals surface area contributed by atoms with Gasteiger partial charge in [0.25, 0.3) is 0 Å². The van der Waals surface area contributed by atoms with Crippen molar-refractivity contribution < 1.29 is 14.7 Å². The molecule has 1 unspecified atom stereocenters. The van der Waals surface area contributed by atoms with Gasteiger partial charge >= 0.3 is 5.97 Å². The number of hydrogen-bond donors (Lipinski definition) is 1. The number of nitrogens with zero attached hydrogens (tertiary/aromatic N) is 1. The average molecular weight is 254 g/mol. The first kappa shape index (κ1) is 11.9. The van der Waals surface area contributed by atoms with Gasteiger partial charge in [-0.2, -0.15) is 0 Å². The lowest BCUT2D eigenvalue weighted by molar-refractivity contribution is -0.147. The van der Waals surface area contributed by atoms with Gasteiger partial charge in [0.15, 0.2) is 0 Å². The zero-order chi connectivity index (χ0) is 12.4. The number of carbonyl (C=O) groups excluding carboxylic acids is 1. The van der Waals surface area contributed by atoms with E-state index in [9.17, 15) is 9.59 Å². The number of carbonyl (C=O) groups is 2. The summed E-state index contributed by atoms with van der Waals surface area (Å²) in [5.41, 5.74) is 0.699. The van der Waals surface area contributed by atoms with Gasteiger partial charge in [-0.3, -0.25) is 9.59 Å². The fourth-order valence-electron chi connectivity index (χ4n) is 1.98. The summed E-state index contributed by atoms with van der Waals surface area (Å²) in [4.78, 5) is 24.4. The van der Waals surface area contributed by atoms with E-state index in [-0.39, 0.29) is 5.91 Å². The van der Waals surface area contributed by atoms with E-state index in [0.717, 1.165) is 0 Å². The molecule has 0 radical (unpaired) electrons. The normalized spacial score (nSPS) is 20.4. The minimum absolute atomic E-state index is 0.342. The van der Waals surface area contributed by atoms with Crippen molar-refractivity contribution in [2.24, 2.45) is 5.92 Å². The first-order valence-electron chi connectivity index (χ1n) is 5.39. The van der Waals surface area contributed by atoms with E-state index in [4.69, 9.17) is 16.7 Å². The molecule has 1 aliphatic rings. The van der Waals surface area contributed by atoms with Crippen LogP contribution in [-0.2, 0) is 9.59 Å². The van der Waals surface area contributed by atoms with Gasteiger partial charge in [0.1, 0.15) is 5.92 Å². The monoisotopic (exact) mass is 253 g/mol. The van der Waals surface area contributed by atoms with Crippen LogP contribution in [0.5, 0.6) is 0 Å². The number of amides is 1. The van der Waals surface area contributed by atoms with Crippen molar-refractivity contribution in [1.29, 1.82) is 0 Å². The largest absolute Gasteiger partial charge is 0.481 e. The van der Waals surface area contributed by atoms with Crippen molar-refractivity contribution in [1.82, 2.24) is 0 Å². The topological polar surface area (TPSA) is 57.6 Å². The fourth-order valence-corrected chi connectivity index (χ4v) is 2.11. The number of carboxylic acid groups (broad SMARTS) is 1. The van der Waals surface area contributed by atoms with Gasteiger partial charge in [0.2, 0.25) is 5.91 Å². The van der Waals surface area contributed by atoms with Crippen LogP contribution in [0, 0.1) is 5.92 Å². The lowest BCUT2D eigenvalue weighted by Crippen LogP contribution is -2.44. The summed E-state index contributed by atoms with van der Waals surface area (Å²) in [6.45, 7) is 0.560. The molecule has 1 aromatic rings. The number of anilines is 1. The van der Waals surface area contributed by atoms with Gasteiger partial charge in [0.05, 0.1) is 0 Å². The summed E-state index contributed by atoms with van der Waals surface area (Å²) in [5.74, 6) is -2.31. The summed E-state index contributed by atoms with van der Waals surface area (Å²) in [7, 11) is 0. The van der Waals surface area contributed by atoms with E-state index in [1.54, 1.807) is 24.3 Å². The second-order valence-corrected chi connectivity index (χ2v) is 4.44. The Morgan fingerprint density at radius 2 is 2.00 bits per heavy atom. The van der Waals surface area contributed by atoms with Crippen molar-refractivity contribution in [3.8, 4) is 0 Å². The second kappa shape index (κ2) is 4.75. The number of carboxylic acids is 1. The molecule has 2 rings (SSSR count). The number of aliphatic carboxylic acids is 1. The highest BCUT2D eigenvalue weighted by atomic mass is 35.5. The standard InChI is InChI=1S/C12H12ClNO3/c13-8-3-5-9(6-4-8)14-7-1-2-10(11(14)15)12(16)17/h3-6,10H,1-2,7H2,(H,16,17). The lowest BCUT2D eigenvalue weighted by Gasteiger charge is -2.30. The Morgan fingerprint density at radius 1 is 1.35 bits per heavy atom. The van der Waals surface area contributed by atoms with Gasteiger partial charge < -0.3 is 10.0 Å². The molecule has 0 aliphatic carbocycles. The van der Waals surface area contributed by atoms with E-state index in [2.05, 4.69) is 0 Å². The van der Waals surface area contributed by atoms with Gasteiger partial charge in [-0.25, -0.2) is 0 Å². The third-order valence-electron chi connectivity index (χ3n) is 2.88. The number of benzene rings is 1. The molecule has 1 atom stereocenters. The Bertz CT molecular complexity index is 444. The molecule has 1 saturated heterocycles. The number of halogens is 1. The van der Waals surface area contributed by atoms with Crippen molar-refractivity contribution >= 4 is 29.2 Å². The molecule has 0 aromatic heterocycles.